The van der Waals surface area contributed by atoms with Crippen molar-refractivity contribution in [2.45, 2.75) is 63.4 Å². The van der Waals surface area contributed by atoms with E-state index in [9.17, 15) is 29.2 Å². The predicted octanol–water partition coefficient (Wildman–Crippen LogP) is 0.683. The lowest BCUT2D eigenvalue weighted by atomic mass is 9.95. The molecule has 1 aliphatic heterocycles. The Bertz CT molecular complexity index is 1320. The molecule has 206 valence electrons. The van der Waals surface area contributed by atoms with Crippen molar-refractivity contribution in [1.82, 2.24) is 14.6 Å². The maximum Gasteiger partial charge on any atom is 0.459 e. The number of nitrogens with one attached hydrogen (secondary N) is 2. The van der Waals surface area contributed by atoms with Crippen LogP contribution in [0.3, 0.4) is 0 Å². The van der Waals surface area contributed by atoms with Gasteiger partial charge in [-0.05, 0) is 32.4 Å². The van der Waals surface area contributed by atoms with E-state index < -0.39 is 67.8 Å². The Hall–Kier alpha value is -3.24. The molecule has 0 saturated carbocycles. The van der Waals surface area contributed by atoms with E-state index in [2.05, 4.69) is 5.09 Å². The number of hydrogen-bond donors (Lipinski definition) is 4. The first kappa shape index (κ1) is 29.3. The second kappa shape index (κ2) is 12.1. The van der Waals surface area contributed by atoms with E-state index >= 15 is 0 Å². The first-order valence-electron chi connectivity index (χ1n) is 11.7. The third-order valence-electron chi connectivity index (χ3n) is 5.55. The first-order valence-corrected chi connectivity index (χ1v) is 13.3. The van der Waals surface area contributed by atoms with Gasteiger partial charge in [0.25, 0.3) is 5.56 Å². The van der Waals surface area contributed by atoms with Gasteiger partial charge in [0.1, 0.15) is 24.0 Å². The van der Waals surface area contributed by atoms with Gasteiger partial charge in [-0.15, -0.1) is 6.42 Å². The molecule has 1 aromatic carbocycles. The number of aromatic amines is 1. The number of nitrogens with zero attached hydrogens (tertiary/aromatic N) is 1. The van der Waals surface area contributed by atoms with Crippen LogP contribution in [0.5, 0.6) is 5.75 Å². The van der Waals surface area contributed by atoms with Gasteiger partial charge in [0, 0.05) is 12.3 Å². The fraction of sp³-hybridized carbons (Fsp3) is 0.458. The Kier molecular flexibility index (Phi) is 9.32. The molecule has 14 heteroatoms. The lowest BCUT2D eigenvalue weighted by molar-refractivity contribution is -0.149. The molecule has 0 aliphatic carbocycles. The zero-order valence-electron chi connectivity index (χ0n) is 21.0. The molecule has 6 atom stereocenters. The maximum absolute atomic E-state index is 13.8. The third kappa shape index (κ3) is 6.60. The summed E-state index contributed by atoms with van der Waals surface area (Å²) in [6.45, 7) is 4.34. The van der Waals surface area contributed by atoms with Crippen LogP contribution in [0.2, 0.25) is 0 Å². The molecule has 2 unspecified atom stereocenters. The van der Waals surface area contributed by atoms with Crippen molar-refractivity contribution >= 4 is 13.7 Å². The van der Waals surface area contributed by atoms with Crippen LogP contribution in [0.25, 0.3) is 0 Å². The SMILES string of the molecule is C#C[C@]1(O)C(n2ccc(=O)[nH]c2=O)O[C@H](COP(=O)(N[C@@H](CC)C(=O)OC(C)C)Oc2ccccc2)[C@H]1O. The number of terminal acetylenes is 1. The van der Waals surface area contributed by atoms with Crippen molar-refractivity contribution in [3.63, 3.8) is 0 Å². The number of H-pyrrole nitrogens is 1. The third-order valence-corrected chi connectivity index (χ3v) is 7.12. The molecule has 1 aromatic heterocycles. The maximum atomic E-state index is 13.8. The molecule has 0 bridgehead atoms. The van der Waals surface area contributed by atoms with Crippen LogP contribution >= 0.6 is 7.75 Å². The number of esters is 1. The van der Waals surface area contributed by atoms with E-state index in [1.165, 1.54) is 12.1 Å². The number of aromatic nitrogens is 2. The minimum absolute atomic E-state index is 0.154. The van der Waals surface area contributed by atoms with Crippen LogP contribution in [-0.2, 0) is 23.4 Å². The average Bonchev–Trinajstić information content (AvgIpc) is 3.12. The van der Waals surface area contributed by atoms with Gasteiger partial charge in [-0.3, -0.25) is 23.7 Å². The van der Waals surface area contributed by atoms with E-state index in [4.69, 9.17) is 24.9 Å². The summed E-state index contributed by atoms with van der Waals surface area (Å²) in [7, 11) is -4.34. The molecule has 0 radical (unpaired) electrons. The van der Waals surface area contributed by atoms with Gasteiger partial charge in [0.15, 0.2) is 11.8 Å². The second-order valence-electron chi connectivity index (χ2n) is 8.73. The highest BCUT2D eigenvalue weighted by atomic mass is 31.2. The lowest BCUT2D eigenvalue weighted by Gasteiger charge is -2.26. The van der Waals surface area contributed by atoms with Crippen molar-refractivity contribution in [2.24, 2.45) is 0 Å². The number of benzene rings is 1. The molecular weight excluding hydrogens is 521 g/mol. The standard InChI is InChI=1S/C24H30N3O10P/c1-5-17(21(30)35-15(3)4)26-38(33,37-16-10-8-7-9-11-16)34-14-18-20(29)24(32,6-2)22(36-18)27-13-12-19(28)25-23(27)31/h2,7-13,15,17-18,20,22,29,32H,5,14H2,1,3-4H3,(H,26,33)(H,25,28,31)/t17-,18+,20+,22?,24+,38?/m0/s1. The molecule has 2 heterocycles. The fourth-order valence-corrected chi connectivity index (χ4v) is 5.24. The average molecular weight is 551 g/mol. The van der Waals surface area contributed by atoms with E-state index in [1.54, 1.807) is 39.0 Å². The zero-order valence-corrected chi connectivity index (χ0v) is 21.9. The van der Waals surface area contributed by atoms with Crippen molar-refractivity contribution in [2.75, 3.05) is 6.61 Å². The van der Waals surface area contributed by atoms with Crippen LogP contribution in [0.4, 0.5) is 0 Å². The zero-order chi connectivity index (χ0) is 28.1. The molecule has 13 nitrogen and oxygen atoms in total. The molecule has 3 rings (SSSR count). The Labute approximate surface area is 218 Å². The monoisotopic (exact) mass is 551 g/mol. The minimum Gasteiger partial charge on any atom is -0.462 e. The highest BCUT2D eigenvalue weighted by Crippen LogP contribution is 2.47. The van der Waals surface area contributed by atoms with Gasteiger partial charge in [-0.25, -0.2) is 9.36 Å². The lowest BCUT2D eigenvalue weighted by Crippen LogP contribution is -2.48. The van der Waals surface area contributed by atoms with E-state index in [-0.39, 0.29) is 12.2 Å². The number of rotatable bonds is 11. The smallest absolute Gasteiger partial charge is 0.459 e. The van der Waals surface area contributed by atoms with Gasteiger partial charge in [-0.1, -0.05) is 31.0 Å². The topological polar surface area (TPSA) is 178 Å². The summed E-state index contributed by atoms with van der Waals surface area (Å²) in [5, 5.41) is 24.3. The van der Waals surface area contributed by atoms with Crippen LogP contribution < -0.4 is 20.9 Å². The van der Waals surface area contributed by atoms with Crippen molar-refractivity contribution < 1.29 is 38.1 Å². The van der Waals surface area contributed by atoms with Gasteiger partial charge >= 0.3 is 19.4 Å². The van der Waals surface area contributed by atoms with Crippen LogP contribution in [0, 0.1) is 12.3 Å². The number of ether oxygens (including phenoxy) is 2. The summed E-state index contributed by atoms with van der Waals surface area (Å²) in [6.07, 6.45) is 1.42. The summed E-state index contributed by atoms with van der Waals surface area (Å²) in [6, 6.07) is 7.94. The molecule has 0 spiro atoms. The van der Waals surface area contributed by atoms with Gasteiger partial charge in [0.05, 0.1) is 12.7 Å². The molecule has 0 amide bonds. The van der Waals surface area contributed by atoms with Gasteiger partial charge < -0.3 is 24.2 Å². The normalized spacial score (nSPS) is 25.3. The van der Waals surface area contributed by atoms with Crippen LogP contribution in [-0.4, -0.2) is 62.3 Å². The van der Waals surface area contributed by atoms with Gasteiger partial charge in [-0.2, -0.15) is 5.09 Å². The fourth-order valence-electron chi connectivity index (χ4n) is 3.65. The van der Waals surface area contributed by atoms with E-state index in [0.717, 1.165) is 16.8 Å². The Morgan fingerprint density at radius 2 is 2.00 bits per heavy atom. The number of carbonyl (C=O) groups excluding carboxylic acids is 1. The first-order chi connectivity index (χ1) is 17.9. The highest BCUT2D eigenvalue weighted by molar-refractivity contribution is 7.52. The molecule has 1 aliphatic rings. The summed E-state index contributed by atoms with van der Waals surface area (Å²) in [5.41, 5.74) is -4.06. The second-order valence-corrected chi connectivity index (χ2v) is 10.4. The summed E-state index contributed by atoms with van der Waals surface area (Å²) in [5.74, 6) is 1.49. The number of hydrogen-bond acceptors (Lipinski definition) is 10. The summed E-state index contributed by atoms with van der Waals surface area (Å²) >= 11 is 0. The summed E-state index contributed by atoms with van der Waals surface area (Å²) < 4.78 is 36.6. The number of para-hydroxylation sites is 1. The molecule has 4 N–H and O–H groups in total. The molecular formula is C24H30N3O10P. The Balaban J connectivity index is 1.86. The van der Waals surface area contributed by atoms with Crippen LogP contribution in [0.1, 0.15) is 33.4 Å². The number of aliphatic hydroxyl groups excluding tert-OH is 1. The molecule has 38 heavy (non-hydrogen) atoms. The van der Waals surface area contributed by atoms with Crippen LogP contribution in [0.15, 0.2) is 52.2 Å². The van der Waals surface area contributed by atoms with Gasteiger partial charge in [0.2, 0.25) is 0 Å². The van der Waals surface area contributed by atoms with Crippen molar-refractivity contribution in [3.8, 4) is 18.1 Å². The van der Waals surface area contributed by atoms with Crippen molar-refractivity contribution in [3.05, 3.63) is 63.4 Å². The molecule has 1 fully saturated rings. The summed E-state index contributed by atoms with van der Waals surface area (Å²) in [4.78, 5) is 38.2. The quantitative estimate of drug-likeness (QED) is 0.175. The highest BCUT2D eigenvalue weighted by Gasteiger charge is 2.56. The van der Waals surface area contributed by atoms with E-state index in [0.29, 0.717) is 0 Å². The molecule has 1 saturated heterocycles. The van der Waals surface area contributed by atoms with Crippen molar-refractivity contribution in [1.29, 1.82) is 0 Å². The minimum atomic E-state index is -4.34. The Morgan fingerprint density at radius 3 is 2.58 bits per heavy atom. The largest absolute Gasteiger partial charge is 0.462 e. The Morgan fingerprint density at radius 1 is 1.32 bits per heavy atom. The number of aliphatic hydroxyl groups is 2. The number of carbonyl (C=O) groups is 1. The molecule has 2 aromatic rings. The van der Waals surface area contributed by atoms with E-state index in [1.807, 2.05) is 10.9 Å². The predicted molar refractivity (Wildman–Crippen MR) is 134 cm³/mol.